The molecule has 1 atom stereocenters. The molecule has 0 aromatic rings. The van der Waals surface area contributed by atoms with E-state index >= 15 is 0 Å². The van der Waals surface area contributed by atoms with Crippen LogP contribution in [-0.4, -0.2) is 13.9 Å². The Morgan fingerprint density at radius 1 is 1.78 bits per heavy atom. The summed E-state index contributed by atoms with van der Waals surface area (Å²) in [5.74, 6) is 0. The Labute approximate surface area is 58.3 Å². The van der Waals surface area contributed by atoms with Crippen LogP contribution in [-0.2, 0) is 0 Å². The Balaban J connectivity index is 3.25. The average molecular weight is 123 g/mol. The summed E-state index contributed by atoms with van der Waals surface area (Å²) in [5, 5.41) is 3.13. The largest absolute Gasteiger partial charge is 0.385 e. The maximum absolute atomic E-state index is 3.64. The molecule has 1 unspecified atom stereocenters. The zero-order valence-corrected chi connectivity index (χ0v) is 6.22. The van der Waals surface area contributed by atoms with Crippen LogP contribution in [0.15, 0.2) is 24.9 Å². The van der Waals surface area contributed by atoms with Crippen LogP contribution in [0.3, 0.4) is 0 Å². The third-order valence-corrected chi connectivity index (χ3v) is 1.07. The minimum atomic E-state index is 0.382. The molecule has 0 radical (unpaired) electrons. The molecule has 0 amide bonds. The van der Waals surface area contributed by atoms with Gasteiger partial charge in [-0.1, -0.05) is 18.5 Å². The predicted molar refractivity (Wildman–Crippen MR) is 45.3 cm³/mol. The predicted octanol–water partition coefficient (Wildman–Crippen LogP) is 0.716. The molecule has 0 aromatic heterocycles. The maximum Gasteiger partial charge on any atom is 0.106 e. The molecule has 0 aliphatic heterocycles. The maximum atomic E-state index is 3.64. The third kappa shape index (κ3) is 5.21. The van der Waals surface area contributed by atoms with Crippen LogP contribution in [0.1, 0.15) is 6.92 Å². The van der Waals surface area contributed by atoms with Gasteiger partial charge < -0.3 is 5.32 Å². The molecule has 0 bridgehead atoms. The van der Waals surface area contributed by atoms with Crippen molar-refractivity contribution in [1.29, 1.82) is 0 Å². The van der Waals surface area contributed by atoms with E-state index in [0.29, 0.717) is 6.04 Å². The van der Waals surface area contributed by atoms with Crippen LogP contribution in [0.4, 0.5) is 0 Å². The monoisotopic (exact) mass is 123 g/mol. The van der Waals surface area contributed by atoms with Gasteiger partial charge in [-0.15, -0.1) is 6.58 Å². The third-order valence-electron chi connectivity index (χ3n) is 1.07. The lowest BCUT2D eigenvalue weighted by Gasteiger charge is -2.03. The van der Waals surface area contributed by atoms with Crippen molar-refractivity contribution in [2.24, 2.45) is 0 Å². The second kappa shape index (κ2) is 5.48. The lowest BCUT2D eigenvalue weighted by Crippen LogP contribution is -2.16. The smallest absolute Gasteiger partial charge is 0.106 e. The van der Waals surface area contributed by atoms with Gasteiger partial charge >= 0.3 is 0 Å². The molecule has 0 saturated carbocycles. The van der Waals surface area contributed by atoms with Crippen molar-refractivity contribution in [3.8, 4) is 0 Å². The minimum Gasteiger partial charge on any atom is -0.385 e. The van der Waals surface area contributed by atoms with Gasteiger partial charge in [-0.2, -0.15) is 0 Å². The molecule has 0 aromatic carbocycles. The van der Waals surface area contributed by atoms with E-state index in [1.54, 1.807) is 0 Å². The summed E-state index contributed by atoms with van der Waals surface area (Å²) in [6.45, 7) is 5.71. The first kappa shape index (κ1) is 8.34. The summed E-state index contributed by atoms with van der Waals surface area (Å²) in [4.78, 5) is 0. The van der Waals surface area contributed by atoms with E-state index in [-0.39, 0.29) is 0 Å². The highest BCUT2D eigenvalue weighted by molar-refractivity contribution is 6.09. The number of nitrogens with one attached hydrogen (secondary N) is 1. The van der Waals surface area contributed by atoms with Crippen molar-refractivity contribution in [1.82, 2.24) is 5.32 Å². The Kier molecular flexibility index (Phi) is 5.08. The summed E-state index contributed by atoms with van der Waals surface area (Å²) in [6.07, 6.45) is 7.00. The fourth-order valence-corrected chi connectivity index (χ4v) is 0.406. The number of rotatable bonds is 4. The van der Waals surface area contributed by atoms with Crippen LogP contribution in [0, 0.1) is 0 Å². The lowest BCUT2D eigenvalue weighted by molar-refractivity contribution is 0.770. The van der Waals surface area contributed by atoms with Crippen molar-refractivity contribution in [3.63, 3.8) is 0 Å². The molecule has 1 nitrogen and oxygen atoms in total. The Morgan fingerprint density at radius 3 is 2.89 bits per heavy atom. The van der Waals surface area contributed by atoms with Crippen LogP contribution < -0.4 is 5.32 Å². The molecule has 2 heteroatoms. The zero-order valence-electron chi connectivity index (χ0n) is 6.22. The van der Waals surface area contributed by atoms with Crippen LogP contribution in [0.2, 0.25) is 6.32 Å². The quantitative estimate of drug-likeness (QED) is 0.429. The summed E-state index contributed by atoms with van der Waals surface area (Å²) in [5.41, 5.74) is 0. The topological polar surface area (TPSA) is 12.0 Å². The zero-order chi connectivity index (χ0) is 7.11. The van der Waals surface area contributed by atoms with Gasteiger partial charge in [0.15, 0.2) is 0 Å². The van der Waals surface area contributed by atoms with Gasteiger partial charge in [0.25, 0.3) is 0 Å². The molecule has 0 aliphatic carbocycles. The first-order chi connectivity index (χ1) is 4.31. The minimum absolute atomic E-state index is 0.382. The fourth-order valence-electron chi connectivity index (χ4n) is 0.406. The van der Waals surface area contributed by atoms with Crippen molar-refractivity contribution >= 4 is 7.85 Å². The summed E-state index contributed by atoms with van der Waals surface area (Å²) >= 11 is 0. The molecule has 1 N–H and O–H groups in total. The van der Waals surface area contributed by atoms with Gasteiger partial charge in [-0.3, -0.25) is 0 Å². The van der Waals surface area contributed by atoms with Gasteiger partial charge in [0.2, 0.25) is 0 Å². The van der Waals surface area contributed by atoms with Gasteiger partial charge in [0.1, 0.15) is 7.85 Å². The summed E-state index contributed by atoms with van der Waals surface area (Å²) in [7, 11) is 2.11. The second-order valence-corrected chi connectivity index (χ2v) is 2.00. The van der Waals surface area contributed by atoms with Gasteiger partial charge in [-0.25, -0.2) is 0 Å². The van der Waals surface area contributed by atoms with Crippen molar-refractivity contribution in [2.75, 3.05) is 0 Å². The van der Waals surface area contributed by atoms with Crippen molar-refractivity contribution < 1.29 is 0 Å². The molecule has 0 aliphatic rings. The first-order valence-electron chi connectivity index (χ1n) is 3.34. The van der Waals surface area contributed by atoms with E-state index < -0.39 is 0 Å². The molecule has 50 valence electrons. The number of allylic oxidation sites excluding steroid dienone is 1. The van der Waals surface area contributed by atoms with Crippen LogP contribution >= 0.6 is 0 Å². The van der Waals surface area contributed by atoms with Gasteiger partial charge in [0.05, 0.1) is 0 Å². The van der Waals surface area contributed by atoms with Crippen molar-refractivity contribution in [3.05, 3.63) is 24.9 Å². The molecular weight excluding hydrogens is 109 g/mol. The lowest BCUT2D eigenvalue weighted by atomic mass is 10.1. The Morgan fingerprint density at radius 2 is 2.44 bits per heavy atom. The number of hydrogen-bond acceptors (Lipinski definition) is 1. The first-order valence-corrected chi connectivity index (χ1v) is 3.34. The molecule has 9 heavy (non-hydrogen) atoms. The van der Waals surface area contributed by atoms with E-state index in [9.17, 15) is 0 Å². The van der Waals surface area contributed by atoms with E-state index in [0.717, 1.165) is 6.32 Å². The SMILES string of the molecule is BC/C=C\NC(C)C=C. The molecule has 0 heterocycles. The standard InChI is InChI=1S/C7H14BN/c1-3-7(2)9-6-4-5-8/h3-4,6-7,9H,1,5,8H2,2H3/b6-4-. The molecule has 0 rings (SSSR count). The van der Waals surface area contributed by atoms with Gasteiger partial charge in [0, 0.05) is 6.04 Å². The van der Waals surface area contributed by atoms with Crippen molar-refractivity contribution in [2.45, 2.75) is 19.3 Å². The fraction of sp³-hybridized carbons (Fsp3) is 0.429. The summed E-state index contributed by atoms with van der Waals surface area (Å²) < 4.78 is 0. The molecule has 0 fully saturated rings. The van der Waals surface area contributed by atoms with E-state index in [1.807, 2.05) is 12.3 Å². The Hall–Kier alpha value is -0.655. The number of hydrogen-bond donors (Lipinski definition) is 1. The summed E-state index contributed by atoms with van der Waals surface area (Å²) in [6, 6.07) is 0.382. The normalized spacial score (nSPS) is 13.4. The second-order valence-electron chi connectivity index (χ2n) is 2.00. The highest BCUT2D eigenvalue weighted by Crippen LogP contribution is 1.81. The van der Waals surface area contributed by atoms with Gasteiger partial charge in [-0.05, 0) is 13.1 Å². The molecular formula is C7H14BN. The average Bonchev–Trinajstić information content (AvgIpc) is 1.89. The van der Waals surface area contributed by atoms with E-state index in [4.69, 9.17) is 0 Å². The molecule has 0 saturated heterocycles. The van der Waals surface area contributed by atoms with E-state index in [1.165, 1.54) is 0 Å². The van der Waals surface area contributed by atoms with Crippen LogP contribution in [0.25, 0.3) is 0 Å². The van der Waals surface area contributed by atoms with E-state index in [2.05, 4.69) is 32.7 Å². The highest BCUT2D eigenvalue weighted by atomic mass is 14.9. The molecule has 0 spiro atoms. The van der Waals surface area contributed by atoms with Crippen LogP contribution in [0.5, 0.6) is 0 Å². The highest BCUT2D eigenvalue weighted by Gasteiger charge is 1.84. The Bertz CT molecular complexity index is 99.1.